The van der Waals surface area contributed by atoms with E-state index < -0.39 is 5.97 Å². The van der Waals surface area contributed by atoms with Crippen LogP contribution in [0.2, 0.25) is 0 Å². The van der Waals surface area contributed by atoms with Gasteiger partial charge >= 0.3 is 5.97 Å². The zero-order chi connectivity index (χ0) is 18.4. The van der Waals surface area contributed by atoms with Crippen molar-refractivity contribution in [3.05, 3.63) is 101 Å². The lowest BCUT2D eigenvalue weighted by molar-refractivity contribution is 0.0693. The minimum absolute atomic E-state index is 0.0588. The number of aromatic carboxylic acids is 1. The monoisotopic (exact) mass is 346 g/mol. The molecule has 0 aliphatic carbocycles. The van der Waals surface area contributed by atoms with Crippen molar-refractivity contribution in [1.82, 2.24) is 0 Å². The molecule has 0 atom stereocenters. The molecule has 0 radical (unpaired) electrons. The maximum absolute atomic E-state index is 10.9. The highest BCUT2D eigenvalue weighted by molar-refractivity contribution is 5.90. The third-order valence-corrected chi connectivity index (χ3v) is 4.56. The van der Waals surface area contributed by atoms with Crippen molar-refractivity contribution in [2.24, 2.45) is 0 Å². The zero-order valence-corrected chi connectivity index (χ0v) is 14.6. The molecule has 132 valence electrons. The number of rotatable bonds is 7. The number of benzene rings is 3. The Kier molecular flexibility index (Phi) is 5.69. The normalized spacial score (nSPS) is 10.6. The summed E-state index contributed by atoms with van der Waals surface area (Å²) in [6.45, 7) is 0. The highest BCUT2D eigenvalue weighted by atomic mass is 16.4. The first kappa shape index (κ1) is 17.7. The van der Waals surface area contributed by atoms with E-state index in [-0.39, 0.29) is 11.3 Å². The Bertz CT molecular complexity index is 868. The van der Waals surface area contributed by atoms with Crippen LogP contribution in [0.3, 0.4) is 0 Å². The smallest absolute Gasteiger partial charge is 0.339 e. The van der Waals surface area contributed by atoms with Crippen molar-refractivity contribution in [3.63, 3.8) is 0 Å². The van der Waals surface area contributed by atoms with E-state index in [1.54, 1.807) is 6.07 Å². The van der Waals surface area contributed by atoms with Gasteiger partial charge in [0.25, 0.3) is 0 Å². The van der Waals surface area contributed by atoms with Crippen LogP contribution >= 0.6 is 0 Å². The van der Waals surface area contributed by atoms with Gasteiger partial charge in [-0.05, 0) is 60.1 Å². The lowest BCUT2D eigenvalue weighted by Crippen LogP contribution is -1.98. The van der Waals surface area contributed by atoms with E-state index in [9.17, 15) is 9.90 Å². The van der Waals surface area contributed by atoms with Gasteiger partial charge in [-0.15, -0.1) is 0 Å². The highest BCUT2D eigenvalue weighted by Gasteiger charge is 2.09. The molecule has 3 aromatic rings. The highest BCUT2D eigenvalue weighted by Crippen LogP contribution is 2.20. The van der Waals surface area contributed by atoms with Crippen LogP contribution in [0.1, 0.15) is 32.6 Å². The average molecular weight is 346 g/mol. The van der Waals surface area contributed by atoms with Crippen molar-refractivity contribution in [3.8, 4) is 5.75 Å². The van der Waals surface area contributed by atoms with E-state index >= 15 is 0 Å². The molecule has 26 heavy (non-hydrogen) atoms. The second kappa shape index (κ2) is 8.34. The molecule has 3 heteroatoms. The number of carboxylic acids is 1. The molecule has 0 aliphatic heterocycles. The molecular weight excluding hydrogens is 324 g/mol. The standard InChI is InChI=1S/C23H22O3/c24-22-16-20(14-15-21(22)23(25)26)13-12-19-10-8-18(9-11-19)7-6-17-4-2-1-3-5-17/h1-5,8-11,14-16,24H,6-7,12-13H2,(H,25,26). The molecule has 0 unspecified atom stereocenters. The van der Waals surface area contributed by atoms with Gasteiger partial charge < -0.3 is 10.2 Å². The molecule has 3 aromatic carbocycles. The van der Waals surface area contributed by atoms with Crippen LogP contribution in [0.25, 0.3) is 0 Å². The molecule has 3 nitrogen and oxygen atoms in total. The molecule has 0 fully saturated rings. The summed E-state index contributed by atoms with van der Waals surface area (Å²) >= 11 is 0. The molecule has 0 saturated carbocycles. The van der Waals surface area contributed by atoms with Gasteiger partial charge in [0, 0.05) is 0 Å². The van der Waals surface area contributed by atoms with Crippen LogP contribution in [0, 0.1) is 0 Å². The SMILES string of the molecule is O=C(O)c1ccc(CCc2ccc(CCc3ccccc3)cc2)cc1O. The van der Waals surface area contributed by atoms with E-state index in [0.29, 0.717) is 0 Å². The quantitative estimate of drug-likeness (QED) is 0.654. The largest absolute Gasteiger partial charge is 0.507 e. The third-order valence-electron chi connectivity index (χ3n) is 4.56. The number of carboxylic acid groups (broad SMARTS) is 1. The van der Waals surface area contributed by atoms with Crippen LogP contribution in [0.4, 0.5) is 0 Å². The fraction of sp³-hybridized carbons (Fsp3) is 0.174. The molecular formula is C23H22O3. The minimum Gasteiger partial charge on any atom is -0.507 e. The van der Waals surface area contributed by atoms with Crippen molar-refractivity contribution < 1.29 is 15.0 Å². The molecule has 0 bridgehead atoms. The fourth-order valence-corrected chi connectivity index (χ4v) is 3.01. The Morgan fingerprint density at radius 2 is 1.12 bits per heavy atom. The maximum Gasteiger partial charge on any atom is 0.339 e. The van der Waals surface area contributed by atoms with Gasteiger partial charge in [0.2, 0.25) is 0 Å². The van der Waals surface area contributed by atoms with Crippen molar-refractivity contribution >= 4 is 5.97 Å². The molecule has 0 heterocycles. The van der Waals surface area contributed by atoms with Crippen LogP contribution in [0.15, 0.2) is 72.8 Å². The maximum atomic E-state index is 10.9. The Morgan fingerprint density at radius 3 is 1.62 bits per heavy atom. The Morgan fingerprint density at radius 1 is 0.654 bits per heavy atom. The number of aryl methyl sites for hydroxylation is 4. The van der Waals surface area contributed by atoms with Gasteiger partial charge in [-0.1, -0.05) is 60.7 Å². The van der Waals surface area contributed by atoms with Crippen LogP contribution in [-0.4, -0.2) is 16.2 Å². The van der Waals surface area contributed by atoms with Crippen LogP contribution in [0.5, 0.6) is 5.75 Å². The van der Waals surface area contributed by atoms with E-state index in [1.807, 2.05) is 6.07 Å². The first-order valence-corrected chi connectivity index (χ1v) is 8.79. The van der Waals surface area contributed by atoms with Gasteiger partial charge in [0.1, 0.15) is 11.3 Å². The molecule has 0 aromatic heterocycles. The van der Waals surface area contributed by atoms with E-state index in [1.165, 1.54) is 28.8 Å². The first-order valence-electron chi connectivity index (χ1n) is 8.79. The predicted molar refractivity (Wildman–Crippen MR) is 103 cm³/mol. The number of hydrogen-bond acceptors (Lipinski definition) is 2. The van der Waals surface area contributed by atoms with Gasteiger partial charge in [-0.25, -0.2) is 4.79 Å². The molecule has 0 saturated heterocycles. The number of phenols is 1. The summed E-state index contributed by atoms with van der Waals surface area (Å²) in [5.41, 5.74) is 4.77. The first-order chi connectivity index (χ1) is 12.6. The van der Waals surface area contributed by atoms with Gasteiger partial charge in [-0.2, -0.15) is 0 Å². The Labute approximate surface area is 153 Å². The van der Waals surface area contributed by atoms with Crippen LogP contribution < -0.4 is 0 Å². The average Bonchev–Trinajstić information content (AvgIpc) is 2.66. The summed E-state index contributed by atoms with van der Waals surface area (Å²) in [4.78, 5) is 10.9. The summed E-state index contributed by atoms with van der Waals surface area (Å²) in [7, 11) is 0. The summed E-state index contributed by atoms with van der Waals surface area (Å²) in [6.07, 6.45) is 3.67. The minimum atomic E-state index is -1.11. The van der Waals surface area contributed by atoms with E-state index in [0.717, 1.165) is 31.2 Å². The lowest BCUT2D eigenvalue weighted by atomic mass is 9.99. The molecule has 2 N–H and O–H groups in total. The van der Waals surface area contributed by atoms with E-state index in [2.05, 4.69) is 48.5 Å². The second-order valence-corrected chi connectivity index (χ2v) is 6.46. The predicted octanol–water partition coefficient (Wildman–Crippen LogP) is 4.66. The molecule has 3 rings (SSSR count). The van der Waals surface area contributed by atoms with Crippen molar-refractivity contribution in [2.75, 3.05) is 0 Å². The molecule has 0 aliphatic rings. The summed E-state index contributed by atoms with van der Waals surface area (Å²) in [5.74, 6) is -1.29. The fourth-order valence-electron chi connectivity index (χ4n) is 3.01. The van der Waals surface area contributed by atoms with Crippen molar-refractivity contribution in [1.29, 1.82) is 0 Å². The van der Waals surface area contributed by atoms with Crippen LogP contribution in [-0.2, 0) is 25.7 Å². The summed E-state index contributed by atoms with van der Waals surface area (Å²) in [6, 6.07) is 23.9. The summed E-state index contributed by atoms with van der Waals surface area (Å²) < 4.78 is 0. The Hall–Kier alpha value is -3.07. The topological polar surface area (TPSA) is 57.5 Å². The summed E-state index contributed by atoms with van der Waals surface area (Å²) in [5, 5.41) is 18.7. The van der Waals surface area contributed by atoms with Gasteiger partial charge in [-0.3, -0.25) is 0 Å². The third kappa shape index (κ3) is 4.73. The van der Waals surface area contributed by atoms with Gasteiger partial charge in [0.15, 0.2) is 0 Å². The zero-order valence-electron chi connectivity index (χ0n) is 14.6. The molecule has 0 amide bonds. The van der Waals surface area contributed by atoms with Gasteiger partial charge in [0.05, 0.1) is 0 Å². The number of aromatic hydroxyl groups is 1. The number of carbonyl (C=O) groups is 1. The second-order valence-electron chi connectivity index (χ2n) is 6.46. The molecule has 0 spiro atoms. The lowest BCUT2D eigenvalue weighted by Gasteiger charge is -2.07. The Balaban J connectivity index is 1.54. The number of hydrogen-bond donors (Lipinski definition) is 2. The van der Waals surface area contributed by atoms with Crippen molar-refractivity contribution in [2.45, 2.75) is 25.7 Å². The van der Waals surface area contributed by atoms with E-state index in [4.69, 9.17) is 5.11 Å².